The van der Waals surface area contributed by atoms with Gasteiger partial charge in [0.2, 0.25) is 0 Å². The second-order valence-electron chi connectivity index (χ2n) is 5.49. The van der Waals surface area contributed by atoms with E-state index < -0.39 is 12.1 Å². The molecule has 1 atom stereocenters. The molecule has 0 aromatic heterocycles. The molecule has 1 N–H and O–H groups in total. The number of hydrogen-bond donors (Lipinski definition) is 1. The summed E-state index contributed by atoms with van der Waals surface area (Å²) in [5, 5.41) is 8.79. The molecule has 0 radical (unpaired) electrons. The van der Waals surface area contributed by atoms with Crippen molar-refractivity contribution in [3.8, 4) is 5.75 Å². The van der Waals surface area contributed by atoms with Crippen LogP contribution in [0.2, 0.25) is 0 Å². The van der Waals surface area contributed by atoms with Crippen LogP contribution < -0.4 is 4.74 Å². The van der Waals surface area contributed by atoms with Gasteiger partial charge in [-0.25, -0.2) is 0 Å². The number of aliphatic carboxylic acids is 1. The lowest BCUT2D eigenvalue weighted by Crippen LogP contribution is -2.47. The van der Waals surface area contributed by atoms with Crippen LogP contribution in [0.1, 0.15) is 17.5 Å². The Balaban J connectivity index is 1.87. The number of hydrogen-bond acceptors (Lipinski definition) is 4. The summed E-state index contributed by atoms with van der Waals surface area (Å²) in [5.74, 6) is -0.390. The predicted molar refractivity (Wildman–Crippen MR) is 80.0 cm³/mol. The first-order valence-corrected chi connectivity index (χ1v) is 7.27. The minimum Gasteiger partial charge on any atom is -0.484 e. The molecule has 120 valence electrons. The molecule has 0 bridgehead atoms. The Kier molecular flexibility index (Phi) is 5.38. The van der Waals surface area contributed by atoms with Crippen LogP contribution in [0, 0.1) is 13.8 Å². The SMILES string of the molecule is Cc1ccc(OCC(=O)N2CCOC(CC(=O)O)C2)c(C)c1. The van der Waals surface area contributed by atoms with Crippen molar-refractivity contribution in [2.45, 2.75) is 26.4 Å². The number of aryl methyl sites for hydroxylation is 2. The fourth-order valence-electron chi connectivity index (χ4n) is 2.46. The highest BCUT2D eigenvalue weighted by Gasteiger charge is 2.26. The van der Waals surface area contributed by atoms with Gasteiger partial charge >= 0.3 is 5.97 Å². The molecular formula is C16H21NO5. The normalized spacial score (nSPS) is 18.1. The van der Waals surface area contributed by atoms with E-state index in [4.69, 9.17) is 14.6 Å². The fourth-order valence-corrected chi connectivity index (χ4v) is 2.46. The number of rotatable bonds is 5. The molecule has 0 saturated carbocycles. The molecular weight excluding hydrogens is 286 g/mol. The third-order valence-electron chi connectivity index (χ3n) is 3.58. The van der Waals surface area contributed by atoms with Crippen molar-refractivity contribution in [2.75, 3.05) is 26.3 Å². The summed E-state index contributed by atoms with van der Waals surface area (Å²) >= 11 is 0. The topological polar surface area (TPSA) is 76.1 Å². The number of morpholine rings is 1. The maximum absolute atomic E-state index is 12.2. The van der Waals surface area contributed by atoms with E-state index in [0.29, 0.717) is 25.4 Å². The molecule has 1 aliphatic heterocycles. The third kappa shape index (κ3) is 4.46. The smallest absolute Gasteiger partial charge is 0.306 e. The predicted octanol–water partition coefficient (Wildman–Crippen LogP) is 1.38. The maximum atomic E-state index is 12.2. The number of amides is 1. The minimum absolute atomic E-state index is 0.0519. The molecule has 6 heteroatoms. The number of carbonyl (C=O) groups is 2. The Hall–Kier alpha value is -2.08. The summed E-state index contributed by atoms with van der Waals surface area (Å²) in [6.07, 6.45) is -0.543. The van der Waals surface area contributed by atoms with Gasteiger partial charge < -0.3 is 19.5 Å². The van der Waals surface area contributed by atoms with E-state index in [9.17, 15) is 9.59 Å². The zero-order valence-electron chi connectivity index (χ0n) is 12.9. The largest absolute Gasteiger partial charge is 0.484 e. The van der Waals surface area contributed by atoms with Gasteiger partial charge in [0.1, 0.15) is 5.75 Å². The summed E-state index contributed by atoms with van der Waals surface area (Å²) in [7, 11) is 0. The number of benzene rings is 1. The average molecular weight is 307 g/mol. The molecule has 1 saturated heterocycles. The second kappa shape index (κ2) is 7.26. The van der Waals surface area contributed by atoms with Gasteiger partial charge in [-0.15, -0.1) is 0 Å². The fraction of sp³-hybridized carbons (Fsp3) is 0.500. The second-order valence-corrected chi connectivity index (χ2v) is 5.49. The quantitative estimate of drug-likeness (QED) is 0.889. The molecule has 1 fully saturated rings. The lowest BCUT2D eigenvalue weighted by atomic mass is 10.1. The van der Waals surface area contributed by atoms with Crippen molar-refractivity contribution in [3.05, 3.63) is 29.3 Å². The van der Waals surface area contributed by atoms with E-state index in [1.165, 1.54) is 0 Å². The highest BCUT2D eigenvalue weighted by atomic mass is 16.5. The molecule has 0 spiro atoms. The van der Waals surface area contributed by atoms with E-state index >= 15 is 0 Å². The minimum atomic E-state index is -0.925. The molecule has 1 heterocycles. The Morgan fingerprint density at radius 1 is 1.41 bits per heavy atom. The van der Waals surface area contributed by atoms with Crippen molar-refractivity contribution < 1.29 is 24.2 Å². The number of carbonyl (C=O) groups excluding carboxylic acids is 1. The third-order valence-corrected chi connectivity index (χ3v) is 3.58. The first kappa shape index (κ1) is 16.3. The lowest BCUT2D eigenvalue weighted by molar-refractivity contribution is -0.148. The lowest BCUT2D eigenvalue weighted by Gasteiger charge is -2.32. The van der Waals surface area contributed by atoms with Crippen LogP contribution in [0.25, 0.3) is 0 Å². The van der Waals surface area contributed by atoms with Crippen molar-refractivity contribution >= 4 is 11.9 Å². The van der Waals surface area contributed by atoms with E-state index in [-0.39, 0.29) is 18.9 Å². The molecule has 1 unspecified atom stereocenters. The molecule has 1 aliphatic rings. The Bertz CT molecular complexity index is 557. The summed E-state index contributed by atoms with van der Waals surface area (Å²) in [6.45, 7) is 4.99. The molecule has 1 amide bonds. The Morgan fingerprint density at radius 3 is 2.86 bits per heavy atom. The summed E-state index contributed by atoms with van der Waals surface area (Å²) in [6, 6.07) is 5.78. The highest BCUT2D eigenvalue weighted by molar-refractivity contribution is 5.78. The number of carboxylic acids is 1. The average Bonchev–Trinajstić information content (AvgIpc) is 2.45. The van der Waals surface area contributed by atoms with E-state index in [2.05, 4.69) is 0 Å². The maximum Gasteiger partial charge on any atom is 0.306 e. The van der Waals surface area contributed by atoms with Gasteiger partial charge in [0.15, 0.2) is 6.61 Å². The van der Waals surface area contributed by atoms with Gasteiger partial charge in [-0.3, -0.25) is 9.59 Å². The van der Waals surface area contributed by atoms with Gasteiger partial charge in [0.25, 0.3) is 5.91 Å². The van der Waals surface area contributed by atoms with Crippen molar-refractivity contribution in [1.29, 1.82) is 0 Å². The van der Waals surface area contributed by atoms with Gasteiger partial charge in [0, 0.05) is 13.1 Å². The van der Waals surface area contributed by atoms with Gasteiger partial charge in [-0.05, 0) is 25.5 Å². The van der Waals surface area contributed by atoms with Crippen LogP contribution in [-0.4, -0.2) is 54.3 Å². The summed E-state index contributed by atoms with van der Waals surface area (Å²) < 4.78 is 10.9. The van der Waals surface area contributed by atoms with E-state index in [1.54, 1.807) is 4.90 Å². The van der Waals surface area contributed by atoms with Crippen LogP contribution in [0.4, 0.5) is 0 Å². The van der Waals surface area contributed by atoms with E-state index in [0.717, 1.165) is 11.1 Å². The van der Waals surface area contributed by atoms with Crippen LogP contribution in [0.5, 0.6) is 5.75 Å². The molecule has 6 nitrogen and oxygen atoms in total. The van der Waals surface area contributed by atoms with E-state index in [1.807, 2.05) is 32.0 Å². The standard InChI is InChI=1S/C16H21NO5/c1-11-3-4-14(12(2)7-11)22-10-15(18)17-5-6-21-13(9-17)8-16(19)20/h3-4,7,13H,5-6,8-10H2,1-2H3,(H,19,20). The number of carboxylic acid groups (broad SMARTS) is 1. The van der Waals surface area contributed by atoms with Gasteiger partial charge in [-0.2, -0.15) is 0 Å². The molecule has 2 rings (SSSR count). The monoisotopic (exact) mass is 307 g/mol. The van der Waals surface area contributed by atoms with Crippen molar-refractivity contribution in [2.24, 2.45) is 0 Å². The van der Waals surface area contributed by atoms with Gasteiger partial charge in [0.05, 0.1) is 19.1 Å². The highest BCUT2D eigenvalue weighted by Crippen LogP contribution is 2.19. The van der Waals surface area contributed by atoms with Crippen LogP contribution in [0.3, 0.4) is 0 Å². The first-order valence-electron chi connectivity index (χ1n) is 7.27. The Morgan fingerprint density at radius 2 is 2.18 bits per heavy atom. The Labute approximate surface area is 129 Å². The van der Waals surface area contributed by atoms with Crippen LogP contribution >= 0.6 is 0 Å². The van der Waals surface area contributed by atoms with Gasteiger partial charge in [-0.1, -0.05) is 17.7 Å². The molecule has 1 aromatic carbocycles. The zero-order chi connectivity index (χ0) is 16.1. The summed E-state index contributed by atoms with van der Waals surface area (Å²) in [5.41, 5.74) is 2.12. The number of ether oxygens (including phenoxy) is 2. The zero-order valence-corrected chi connectivity index (χ0v) is 12.9. The molecule has 22 heavy (non-hydrogen) atoms. The van der Waals surface area contributed by atoms with Crippen LogP contribution in [-0.2, 0) is 14.3 Å². The number of nitrogens with zero attached hydrogens (tertiary/aromatic N) is 1. The van der Waals surface area contributed by atoms with Crippen molar-refractivity contribution in [1.82, 2.24) is 4.90 Å². The van der Waals surface area contributed by atoms with Crippen LogP contribution in [0.15, 0.2) is 18.2 Å². The first-order chi connectivity index (χ1) is 10.5. The molecule has 0 aliphatic carbocycles. The molecule has 1 aromatic rings. The summed E-state index contributed by atoms with van der Waals surface area (Å²) in [4.78, 5) is 24.5. The van der Waals surface area contributed by atoms with Crippen molar-refractivity contribution in [3.63, 3.8) is 0 Å².